The van der Waals surface area contributed by atoms with Gasteiger partial charge in [-0.3, -0.25) is 4.79 Å². The highest BCUT2D eigenvalue weighted by molar-refractivity contribution is 5.97. The first-order valence-corrected chi connectivity index (χ1v) is 6.28. The molecule has 15 heavy (non-hydrogen) atoms. The van der Waals surface area contributed by atoms with Gasteiger partial charge in [-0.2, -0.15) is 0 Å². The number of carbonyl (C=O) groups excluding carboxylic acids is 1. The maximum Gasteiger partial charge on any atom is 0.158 e. The van der Waals surface area contributed by atoms with Crippen molar-refractivity contribution >= 4 is 5.78 Å². The zero-order chi connectivity index (χ0) is 10.7. The van der Waals surface area contributed by atoms with Crippen molar-refractivity contribution < 1.29 is 4.79 Å². The fourth-order valence-corrected chi connectivity index (χ4v) is 2.74. The predicted molar refractivity (Wildman–Crippen MR) is 61.8 cm³/mol. The zero-order valence-corrected chi connectivity index (χ0v) is 9.64. The Labute approximate surface area is 92.1 Å². The van der Waals surface area contributed by atoms with Crippen LogP contribution in [-0.4, -0.2) is 18.4 Å². The molecule has 0 aromatic heterocycles. The number of hydrogen-bond acceptors (Lipinski definition) is 2. The van der Waals surface area contributed by atoms with Crippen molar-refractivity contribution in [1.29, 1.82) is 0 Å². The number of carbonyl (C=O) groups is 1. The Kier molecular flexibility index (Phi) is 3.57. The van der Waals surface area contributed by atoms with E-state index in [1.807, 2.05) is 0 Å². The topological polar surface area (TPSA) is 29.1 Å². The largest absolute Gasteiger partial charge is 0.314 e. The van der Waals surface area contributed by atoms with Gasteiger partial charge in [0.05, 0.1) is 0 Å². The molecule has 2 aliphatic carbocycles. The Balaban J connectivity index is 1.97. The average Bonchev–Trinajstić information content (AvgIpc) is 2.26. The SMILES string of the molecule is CCCNC1CCC2=C(CCCC2=O)C1. The van der Waals surface area contributed by atoms with Gasteiger partial charge in [0.25, 0.3) is 0 Å². The Morgan fingerprint density at radius 1 is 1.33 bits per heavy atom. The van der Waals surface area contributed by atoms with Gasteiger partial charge >= 0.3 is 0 Å². The maximum atomic E-state index is 11.7. The lowest BCUT2D eigenvalue weighted by Gasteiger charge is -2.30. The van der Waals surface area contributed by atoms with E-state index in [9.17, 15) is 4.79 Å². The Hall–Kier alpha value is -0.630. The average molecular weight is 207 g/mol. The molecule has 1 unspecified atom stereocenters. The lowest BCUT2D eigenvalue weighted by Crippen LogP contribution is -2.34. The zero-order valence-electron chi connectivity index (χ0n) is 9.64. The van der Waals surface area contributed by atoms with E-state index in [2.05, 4.69) is 12.2 Å². The van der Waals surface area contributed by atoms with Crippen LogP contribution in [0.4, 0.5) is 0 Å². The minimum absolute atomic E-state index is 0.435. The molecule has 2 nitrogen and oxygen atoms in total. The summed E-state index contributed by atoms with van der Waals surface area (Å²) in [4.78, 5) is 11.7. The first-order chi connectivity index (χ1) is 7.31. The number of Topliss-reactive ketones (excluding diaryl/α,β-unsaturated/α-hetero) is 1. The molecule has 0 amide bonds. The predicted octanol–water partition coefficient (Wildman–Crippen LogP) is 2.59. The second-order valence-electron chi connectivity index (χ2n) is 4.75. The van der Waals surface area contributed by atoms with Crippen LogP contribution in [0.5, 0.6) is 0 Å². The molecule has 0 saturated heterocycles. The first kappa shape index (κ1) is 10.9. The highest BCUT2D eigenvalue weighted by atomic mass is 16.1. The third-order valence-electron chi connectivity index (χ3n) is 3.56. The summed E-state index contributed by atoms with van der Waals surface area (Å²) in [5, 5.41) is 3.57. The fourth-order valence-electron chi connectivity index (χ4n) is 2.74. The number of ketones is 1. The lowest BCUT2D eigenvalue weighted by atomic mass is 9.79. The first-order valence-electron chi connectivity index (χ1n) is 6.28. The molecule has 0 bridgehead atoms. The summed E-state index contributed by atoms with van der Waals surface area (Å²) in [6, 6.07) is 0.634. The van der Waals surface area contributed by atoms with Gasteiger partial charge in [0.2, 0.25) is 0 Å². The van der Waals surface area contributed by atoms with Gasteiger partial charge in [-0.25, -0.2) is 0 Å². The minimum Gasteiger partial charge on any atom is -0.314 e. The van der Waals surface area contributed by atoms with Gasteiger partial charge < -0.3 is 5.32 Å². The van der Waals surface area contributed by atoms with Crippen molar-refractivity contribution in [3.05, 3.63) is 11.1 Å². The van der Waals surface area contributed by atoms with E-state index < -0.39 is 0 Å². The third-order valence-corrected chi connectivity index (χ3v) is 3.56. The van der Waals surface area contributed by atoms with Crippen LogP contribution in [0.3, 0.4) is 0 Å². The van der Waals surface area contributed by atoms with Gasteiger partial charge in [0.15, 0.2) is 5.78 Å². The molecule has 0 aliphatic heterocycles. The standard InChI is InChI=1S/C13H21NO/c1-2-8-14-11-6-7-12-10(9-11)4-3-5-13(12)15/h11,14H,2-9H2,1H3. The van der Waals surface area contributed by atoms with Crippen LogP contribution >= 0.6 is 0 Å². The third kappa shape index (κ3) is 2.49. The summed E-state index contributed by atoms with van der Waals surface area (Å²) in [6.07, 6.45) is 7.55. The molecule has 0 aromatic carbocycles. The van der Waals surface area contributed by atoms with E-state index in [-0.39, 0.29) is 0 Å². The summed E-state index contributed by atoms with van der Waals surface area (Å²) >= 11 is 0. The normalized spacial score (nSPS) is 26.7. The molecule has 2 heteroatoms. The van der Waals surface area contributed by atoms with E-state index in [0.29, 0.717) is 11.8 Å². The lowest BCUT2D eigenvalue weighted by molar-refractivity contribution is -0.116. The van der Waals surface area contributed by atoms with Crippen molar-refractivity contribution in [2.45, 2.75) is 57.9 Å². The number of allylic oxidation sites excluding steroid dienone is 1. The van der Waals surface area contributed by atoms with Crippen LogP contribution in [0, 0.1) is 0 Å². The molecule has 0 heterocycles. The molecule has 2 aliphatic rings. The van der Waals surface area contributed by atoms with Crippen LogP contribution in [0.1, 0.15) is 51.9 Å². The molecule has 1 atom stereocenters. The highest BCUT2D eigenvalue weighted by Crippen LogP contribution is 2.33. The summed E-state index contributed by atoms with van der Waals surface area (Å²) < 4.78 is 0. The van der Waals surface area contributed by atoms with Crippen molar-refractivity contribution in [1.82, 2.24) is 5.32 Å². The molecule has 0 spiro atoms. The summed E-state index contributed by atoms with van der Waals surface area (Å²) in [6.45, 7) is 3.31. The van der Waals surface area contributed by atoms with E-state index in [1.54, 1.807) is 0 Å². The molecule has 0 saturated carbocycles. The molecular weight excluding hydrogens is 186 g/mol. The van der Waals surface area contributed by atoms with Crippen LogP contribution in [0.25, 0.3) is 0 Å². The van der Waals surface area contributed by atoms with E-state index in [0.717, 1.165) is 38.6 Å². The summed E-state index contributed by atoms with van der Waals surface area (Å²) in [5.74, 6) is 0.435. The Morgan fingerprint density at radius 3 is 3.00 bits per heavy atom. The van der Waals surface area contributed by atoms with Crippen molar-refractivity contribution in [2.24, 2.45) is 0 Å². The number of hydrogen-bond donors (Lipinski definition) is 1. The molecule has 0 radical (unpaired) electrons. The van der Waals surface area contributed by atoms with Gasteiger partial charge in [-0.1, -0.05) is 12.5 Å². The van der Waals surface area contributed by atoms with Crippen LogP contribution < -0.4 is 5.32 Å². The van der Waals surface area contributed by atoms with E-state index in [4.69, 9.17) is 0 Å². The van der Waals surface area contributed by atoms with Gasteiger partial charge in [0.1, 0.15) is 0 Å². The van der Waals surface area contributed by atoms with Crippen LogP contribution in [-0.2, 0) is 4.79 Å². The van der Waals surface area contributed by atoms with Crippen LogP contribution in [0.2, 0.25) is 0 Å². The molecule has 2 rings (SSSR count). The summed E-state index contributed by atoms with van der Waals surface area (Å²) in [5.41, 5.74) is 2.65. The quantitative estimate of drug-likeness (QED) is 0.770. The minimum atomic E-state index is 0.435. The summed E-state index contributed by atoms with van der Waals surface area (Å²) in [7, 11) is 0. The van der Waals surface area contributed by atoms with Gasteiger partial charge in [0, 0.05) is 12.5 Å². The van der Waals surface area contributed by atoms with Gasteiger partial charge in [-0.15, -0.1) is 0 Å². The monoisotopic (exact) mass is 207 g/mol. The van der Waals surface area contributed by atoms with Crippen molar-refractivity contribution in [3.8, 4) is 0 Å². The maximum absolute atomic E-state index is 11.7. The van der Waals surface area contributed by atoms with E-state index in [1.165, 1.54) is 24.0 Å². The van der Waals surface area contributed by atoms with Gasteiger partial charge in [-0.05, 0) is 50.6 Å². The van der Waals surface area contributed by atoms with E-state index >= 15 is 0 Å². The number of nitrogens with one attached hydrogen (secondary N) is 1. The molecule has 0 fully saturated rings. The molecule has 1 N–H and O–H groups in total. The second-order valence-corrected chi connectivity index (χ2v) is 4.75. The Morgan fingerprint density at radius 2 is 2.20 bits per heavy atom. The van der Waals surface area contributed by atoms with Crippen molar-refractivity contribution in [3.63, 3.8) is 0 Å². The van der Waals surface area contributed by atoms with Crippen LogP contribution in [0.15, 0.2) is 11.1 Å². The molecule has 84 valence electrons. The fraction of sp³-hybridized carbons (Fsp3) is 0.769. The second kappa shape index (κ2) is 4.93. The molecule has 0 aromatic rings. The smallest absolute Gasteiger partial charge is 0.158 e. The Bertz CT molecular complexity index is 280. The number of rotatable bonds is 3. The van der Waals surface area contributed by atoms with Crippen molar-refractivity contribution in [2.75, 3.05) is 6.54 Å². The highest BCUT2D eigenvalue weighted by Gasteiger charge is 2.26. The molecular formula is C13H21NO.